The standard InChI is InChI=1S/C16H20O3/c1-4-18-15(17)8-6-12-5-7-14-13(11-12)9-10-16(2,3)19-14/h5-8,11H,4,9-10H2,1-3H3/b8-6+. The van der Waals surface area contributed by atoms with Crippen LogP contribution in [0.25, 0.3) is 6.08 Å². The molecule has 3 heteroatoms. The molecule has 3 nitrogen and oxygen atoms in total. The number of aryl methyl sites for hydroxylation is 1. The van der Waals surface area contributed by atoms with E-state index in [1.54, 1.807) is 13.0 Å². The van der Waals surface area contributed by atoms with Crippen LogP contribution >= 0.6 is 0 Å². The van der Waals surface area contributed by atoms with Gasteiger partial charge in [-0.1, -0.05) is 6.07 Å². The highest BCUT2D eigenvalue weighted by atomic mass is 16.5. The van der Waals surface area contributed by atoms with Crippen molar-refractivity contribution in [1.29, 1.82) is 0 Å². The number of carbonyl (C=O) groups excluding carboxylic acids is 1. The Balaban J connectivity index is 2.12. The van der Waals surface area contributed by atoms with E-state index in [1.165, 1.54) is 11.6 Å². The van der Waals surface area contributed by atoms with E-state index < -0.39 is 0 Å². The molecule has 1 aromatic rings. The van der Waals surface area contributed by atoms with Gasteiger partial charge >= 0.3 is 5.97 Å². The molecule has 0 unspecified atom stereocenters. The van der Waals surface area contributed by atoms with Gasteiger partial charge in [-0.3, -0.25) is 0 Å². The molecule has 0 bridgehead atoms. The van der Waals surface area contributed by atoms with E-state index in [9.17, 15) is 4.79 Å². The Hall–Kier alpha value is -1.77. The van der Waals surface area contributed by atoms with Crippen LogP contribution in [0.3, 0.4) is 0 Å². The van der Waals surface area contributed by atoms with Crippen LogP contribution in [0.1, 0.15) is 38.3 Å². The van der Waals surface area contributed by atoms with Crippen molar-refractivity contribution in [2.24, 2.45) is 0 Å². The first-order chi connectivity index (χ1) is 9.00. The average Bonchev–Trinajstić information content (AvgIpc) is 2.36. The SMILES string of the molecule is CCOC(=O)/C=C/c1ccc2c(c1)CCC(C)(C)O2. The first-order valence-corrected chi connectivity index (χ1v) is 6.67. The van der Waals surface area contributed by atoms with Crippen LogP contribution in [0.2, 0.25) is 0 Å². The fourth-order valence-corrected chi connectivity index (χ4v) is 2.14. The van der Waals surface area contributed by atoms with Crippen molar-refractivity contribution >= 4 is 12.0 Å². The van der Waals surface area contributed by atoms with Crippen LogP contribution in [-0.2, 0) is 16.0 Å². The second kappa shape index (κ2) is 5.47. The highest BCUT2D eigenvalue weighted by molar-refractivity contribution is 5.87. The fourth-order valence-electron chi connectivity index (χ4n) is 2.14. The topological polar surface area (TPSA) is 35.5 Å². The average molecular weight is 260 g/mol. The molecular formula is C16H20O3. The van der Waals surface area contributed by atoms with Gasteiger partial charge in [0.2, 0.25) is 0 Å². The molecule has 1 aromatic carbocycles. The predicted molar refractivity (Wildman–Crippen MR) is 75.1 cm³/mol. The number of ether oxygens (including phenoxy) is 2. The maximum atomic E-state index is 11.3. The smallest absolute Gasteiger partial charge is 0.330 e. The Bertz CT molecular complexity index is 501. The summed E-state index contributed by atoms with van der Waals surface area (Å²) in [5.41, 5.74) is 2.11. The quantitative estimate of drug-likeness (QED) is 0.617. The number of benzene rings is 1. The van der Waals surface area contributed by atoms with Crippen molar-refractivity contribution in [1.82, 2.24) is 0 Å². The normalized spacial score (nSPS) is 16.8. The lowest BCUT2D eigenvalue weighted by atomic mass is 9.93. The lowest BCUT2D eigenvalue weighted by Crippen LogP contribution is -2.32. The molecule has 0 atom stereocenters. The second-order valence-corrected chi connectivity index (χ2v) is 5.31. The van der Waals surface area contributed by atoms with Crippen molar-refractivity contribution in [3.8, 4) is 5.75 Å². The molecule has 0 aliphatic carbocycles. The maximum absolute atomic E-state index is 11.3. The molecule has 0 amide bonds. The van der Waals surface area contributed by atoms with Gasteiger partial charge in [0.05, 0.1) is 6.61 Å². The summed E-state index contributed by atoms with van der Waals surface area (Å²) >= 11 is 0. The molecule has 0 fully saturated rings. The minimum Gasteiger partial charge on any atom is -0.488 e. The molecule has 0 radical (unpaired) electrons. The molecule has 0 spiro atoms. The minimum absolute atomic E-state index is 0.0880. The van der Waals surface area contributed by atoms with Crippen molar-refractivity contribution in [2.45, 2.75) is 39.2 Å². The maximum Gasteiger partial charge on any atom is 0.330 e. The lowest BCUT2D eigenvalue weighted by molar-refractivity contribution is -0.137. The Morgan fingerprint density at radius 3 is 3.00 bits per heavy atom. The summed E-state index contributed by atoms with van der Waals surface area (Å²) < 4.78 is 10.8. The van der Waals surface area contributed by atoms with Crippen molar-refractivity contribution < 1.29 is 14.3 Å². The van der Waals surface area contributed by atoms with Gasteiger partial charge in [0.25, 0.3) is 0 Å². The molecule has 19 heavy (non-hydrogen) atoms. The largest absolute Gasteiger partial charge is 0.488 e. The van der Waals surface area contributed by atoms with E-state index in [0.717, 1.165) is 24.2 Å². The second-order valence-electron chi connectivity index (χ2n) is 5.31. The first kappa shape index (κ1) is 13.7. The van der Waals surface area contributed by atoms with E-state index in [-0.39, 0.29) is 11.6 Å². The highest BCUT2D eigenvalue weighted by Gasteiger charge is 2.26. The van der Waals surface area contributed by atoms with Crippen LogP contribution in [-0.4, -0.2) is 18.2 Å². The van der Waals surface area contributed by atoms with Gasteiger partial charge in [0, 0.05) is 6.08 Å². The summed E-state index contributed by atoms with van der Waals surface area (Å²) in [5, 5.41) is 0. The summed E-state index contributed by atoms with van der Waals surface area (Å²) in [6.45, 7) is 6.40. The van der Waals surface area contributed by atoms with Crippen molar-refractivity contribution in [3.63, 3.8) is 0 Å². The van der Waals surface area contributed by atoms with Crippen LogP contribution in [0.15, 0.2) is 24.3 Å². The Morgan fingerprint density at radius 2 is 2.26 bits per heavy atom. The molecule has 0 aromatic heterocycles. The van der Waals surface area contributed by atoms with Gasteiger partial charge < -0.3 is 9.47 Å². The van der Waals surface area contributed by atoms with Gasteiger partial charge in [0.15, 0.2) is 0 Å². The molecule has 2 rings (SSSR count). The zero-order chi connectivity index (χ0) is 13.9. The zero-order valence-corrected chi connectivity index (χ0v) is 11.7. The third-order valence-corrected chi connectivity index (χ3v) is 3.17. The van der Waals surface area contributed by atoms with Gasteiger partial charge in [-0.2, -0.15) is 0 Å². The molecule has 0 saturated heterocycles. The summed E-state index contributed by atoms with van der Waals surface area (Å²) in [6, 6.07) is 6.00. The van der Waals surface area contributed by atoms with Crippen molar-refractivity contribution in [3.05, 3.63) is 35.4 Å². The predicted octanol–water partition coefficient (Wildman–Crippen LogP) is 3.37. The molecule has 1 aliphatic heterocycles. The number of esters is 1. The fraction of sp³-hybridized carbons (Fsp3) is 0.438. The third kappa shape index (κ3) is 3.60. The van der Waals surface area contributed by atoms with Crippen LogP contribution in [0.4, 0.5) is 0 Å². The van der Waals surface area contributed by atoms with E-state index in [2.05, 4.69) is 19.9 Å². The highest BCUT2D eigenvalue weighted by Crippen LogP contribution is 2.33. The van der Waals surface area contributed by atoms with Gasteiger partial charge in [-0.05, 0) is 62.9 Å². The monoisotopic (exact) mass is 260 g/mol. The van der Waals surface area contributed by atoms with E-state index >= 15 is 0 Å². The number of fused-ring (bicyclic) bond motifs is 1. The van der Waals surface area contributed by atoms with E-state index in [0.29, 0.717) is 6.61 Å². The first-order valence-electron chi connectivity index (χ1n) is 6.67. The van der Waals surface area contributed by atoms with Crippen LogP contribution in [0.5, 0.6) is 5.75 Å². The van der Waals surface area contributed by atoms with Crippen LogP contribution < -0.4 is 4.74 Å². The number of hydrogen-bond acceptors (Lipinski definition) is 3. The summed E-state index contributed by atoms with van der Waals surface area (Å²) in [6.07, 6.45) is 5.24. The van der Waals surface area contributed by atoms with Crippen LogP contribution in [0, 0.1) is 0 Å². The lowest BCUT2D eigenvalue weighted by Gasteiger charge is -2.32. The Labute approximate surface area is 114 Å². The Morgan fingerprint density at radius 1 is 1.47 bits per heavy atom. The summed E-state index contributed by atoms with van der Waals surface area (Å²) in [5.74, 6) is 0.641. The molecular weight excluding hydrogens is 240 g/mol. The third-order valence-electron chi connectivity index (χ3n) is 3.17. The zero-order valence-electron chi connectivity index (χ0n) is 11.7. The number of rotatable bonds is 3. The van der Waals surface area contributed by atoms with Gasteiger partial charge in [-0.25, -0.2) is 4.79 Å². The molecule has 102 valence electrons. The molecule has 1 heterocycles. The molecule has 0 N–H and O–H groups in total. The number of hydrogen-bond donors (Lipinski definition) is 0. The summed E-state index contributed by atoms with van der Waals surface area (Å²) in [4.78, 5) is 11.3. The molecule has 0 saturated carbocycles. The number of carbonyl (C=O) groups is 1. The Kier molecular flexibility index (Phi) is 3.93. The van der Waals surface area contributed by atoms with E-state index in [1.807, 2.05) is 12.1 Å². The van der Waals surface area contributed by atoms with E-state index in [4.69, 9.17) is 9.47 Å². The van der Waals surface area contributed by atoms with Gasteiger partial charge in [-0.15, -0.1) is 0 Å². The summed E-state index contributed by atoms with van der Waals surface area (Å²) in [7, 11) is 0. The van der Waals surface area contributed by atoms with Crippen molar-refractivity contribution in [2.75, 3.05) is 6.61 Å². The minimum atomic E-state index is -0.308. The molecule has 1 aliphatic rings. The van der Waals surface area contributed by atoms with Gasteiger partial charge in [0.1, 0.15) is 11.4 Å².